The zero-order chi connectivity index (χ0) is 13.1. The molecule has 4 nitrogen and oxygen atoms in total. The van der Waals surface area contributed by atoms with E-state index in [9.17, 15) is 5.11 Å². The van der Waals surface area contributed by atoms with E-state index in [4.69, 9.17) is 0 Å². The predicted octanol–water partition coefficient (Wildman–Crippen LogP) is 3.08. The number of aliphatic hydroxyl groups is 1. The van der Waals surface area contributed by atoms with Crippen molar-refractivity contribution >= 4 is 31.9 Å². The van der Waals surface area contributed by atoms with Crippen LogP contribution in [-0.4, -0.2) is 25.5 Å². The third kappa shape index (κ3) is 3.89. The van der Waals surface area contributed by atoms with Crippen molar-refractivity contribution in [3.8, 4) is 0 Å². The topological polar surface area (TPSA) is 50.9 Å². The highest BCUT2D eigenvalue weighted by Gasteiger charge is 2.41. The molecule has 0 saturated heterocycles. The highest BCUT2D eigenvalue weighted by atomic mass is 79.9. The van der Waals surface area contributed by atoms with Crippen molar-refractivity contribution in [2.75, 3.05) is 0 Å². The molecular weight excluding hydrogens is 350 g/mol. The van der Waals surface area contributed by atoms with Gasteiger partial charge in [0.05, 0.1) is 12.1 Å². The first-order chi connectivity index (χ1) is 7.78. The largest absolute Gasteiger partial charge is 0.387 e. The minimum Gasteiger partial charge on any atom is -0.387 e. The molecule has 0 amide bonds. The maximum Gasteiger partial charge on any atom is 0.137 e. The summed E-state index contributed by atoms with van der Waals surface area (Å²) in [6, 6.07) is 0. The molecule has 1 atom stereocenters. The van der Waals surface area contributed by atoms with Gasteiger partial charge in [0, 0.05) is 10.9 Å². The Kier molecular flexibility index (Phi) is 4.92. The molecule has 1 unspecified atom stereocenters. The molecule has 0 aliphatic rings. The summed E-state index contributed by atoms with van der Waals surface area (Å²) in [7, 11) is 0. The van der Waals surface area contributed by atoms with Gasteiger partial charge in [-0.25, -0.2) is 4.98 Å². The lowest BCUT2D eigenvalue weighted by Gasteiger charge is -2.40. The van der Waals surface area contributed by atoms with Crippen LogP contribution >= 0.6 is 31.9 Å². The summed E-state index contributed by atoms with van der Waals surface area (Å²) >= 11 is 6.68. The van der Waals surface area contributed by atoms with Gasteiger partial charge >= 0.3 is 0 Å². The van der Waals surface area contributed by atoms with E-state index in [1.807, 2.05) is 20.8 Å². The molecule has 6 heteroatoms. The predicted molar refractivity (Wildman–Crippen MR) is 75.0 cm³/mol. The first kappa shape index (κ1) is 14.9. The molecule has 17 heavy (non-hydrogen) atoms. The van der Waals surface area contributed by atoms with Crippen molar-refractivity contribution in [1.82, 2.24) is 14.8 Å². The molecule has 0 aliphatic carbocycles. The number of aromatic nitrogens is 3. The van der Waals surface area contributed by atoms with Gasteiger partial charge in [0.2, 0.25) is 0 Å². The van der Waals surface area contributed by atoms with Gasteiger partial charge in [-0.05, 0) is 10.4 Å². The molecule has 0 aliphatic heterocycles. The van der Waals surface area contributed by atoms with E-state index in [1.54, 1.807) is 16.0 Å². The Bertz CT molecular complexity index is 384. The van der Waals surface area contributed by atoms with Crippen molar-refractivity contribution in [1.29, 1.82) is 0 Å². The van der Waals surface area contributed by atoms with E-state index < -0.39 is 5.60 Å². The quantitative estimate of drug-likeness (QED) is 0.890. The molecule has 0 fully saturated rings. The molecule has 0 radical (unpaired) electrons. The molecule has 0 saturated carbocycles. The molecule has 1 rings (SSSR count). The van der Waals surface area contributed by atoms with E-state index >= 15 is 0 Å². The summed E-state index contributed by atoms with van der Waals surface area (Å²) in [6.07, 6.45) is 3.60. The number of rotatable bonds is 4. The Morgan fingerprint density at radius 3 is 2.53 bits per heavy atom. The van der Waals surface area contributed by atoms with Crippen LogP contribution in [0.4, 0.5) is 0 Å². The van der Waals surface area contributed by atoms with Gasteiger partial charge in [-0.2, -0.15) is 5.10 Å². The lowest BCUT2D eigenvalue weighted by atomic mass is 9.74. The molecule has 1 aromatic heterocycles. The fraction of sp³-hybridized carbons (Fsp3) is 0.636. The Labute approximate surface area is 118 Å². The van der Waals surface area contributed by atoms with Crippen LogP contribution in [-0.2, 0) is 6.54 Å². The van der Waals surface area contributed by atoms with Crippen molar-refractivity contribution in [2.24, 2.45) is 5.41 Å². The molecule has 1 N–H and O–H groups in total. The maximum absolute atomic E-state index is 10.8. The number of halogens is 2. The molecule has 1 aromatic rings. The van der Waals surface area contributed by atoms with Crippen LogP contribution in [0.3, 0.4) is 0 Å². The summed E-state index contributed by atoms with van der Waals surface area (Å²) in [6.45, 7) is 6.45. The molecule has 0 bridgehead atoms. The Morgan fingerprint density at radius 1 is 1.47 bits per heavy atom. The zero-order valence-electron chi connectivity index (χ0n) is 10.2. The molecule has 0 spiro atoms. The summed E-state index contributed by atoms with van der Waals surface area (Å²) in [4.78, 5) is 5.66. The maximum atomic E-state index is 10.8. The second-order valence-electron chi connectivity index (χ2n) is 5.11. The minimum absolute atomic E-state index is 0.270. The smallest absolute Gasteiger partial charge is 0.137 e. The Morgan fingerprint density at radius 2 is 2.12 bits per heavy atom. The Balaban J connectivity index is 2.94. The number of hydrogen-bond donors (Lipinski definition) is 1. The van der Waals surface area contributed by atoms with Crippen molar-refractivity contribution in [2.45, 2.75) is 39.3 Å². The third-order valence-electron chi connectivity index (χ3n) is 2.87. The lowest BCUT2D eigenvalue weighted by molar-refractivity contribution is -0.0714. The molecule has 0 aromatic carbocycles. The first-order valence-electron chi connectivity index (χ1n) is 5.28. The van der Waals surface area contributed by atoms with Crippen LogP contribution in [0.2, 0.25) is 0 Å². The van der Waals surface area contributed by atoms with E-state index in [1.165, 1.54) is 6.33 Å². The fourth-order valence-corrected chi connectivity index (χ4v) is 2.08. The van der Waals surface area contributed by atoms with Crippen molar-refractivity contribution < 1.29 is 5.11 Å². The van der Waals surface area contributed by atoms with Crippen LogP contribution in [0.15, 0.2) is 22.1 Å². The summed E-state index contributed by atoms with van der Waals surface area (Å²) < 4.78 is 2.56. The summed E-state index contributed by atoms with van der Waals surface area (Å²) in [5, 5.41) is 14.9. The summed E-state index contributed by atoms with van der Waals surface area (Å²) in [5.41, 5.74) is -1.17. The zero-order valence-corrected chi connectivity index (χ0v) is 13.4. The van der Waals surface area contributed by atoms with Crippen LogP contribution in [0, 0.1) is 5.41 Å². The third-order valence-corrected chi connectivity index (χ3v) is 4.54. The molecular formula is C11H17Br2N3O. The van der Waals surface area contributed by atoms with Crippen LogP contribution in [0.25, 0.3) is 0 Å². The van der Waals surface area contributed by atoms with Gasteiger partial charge in [-0.15, -0.1) is 0 Å². The second kappa shape index (κ2) is 5.63. The van der Waals surface area contributed by atoms with E-state index in [-0.39, 0.29) is 5.41 Å². The highest BCUT2D eigenvalue weighted by molar-refractivity contribution is 9.14. The van der Waals surface area contributed by atoms with Gasteiger partial charge in [0.15, 0.2) is 0 Å². The average molecular weight is 367 g/mol. The highest BCUT2D eigenvalue weighted by Crippen LogP contribution is 2.38. The van der Waals surface area contributed by atoms with Crippen LogP contribution < -0.4 is 0 Å². The van der Waals surface area contributed by atoms with Crippen LogP contribution in [0.5, 0.6) is 0 Å². The van der Waals surface area contributed by atoms with E-state index in [0.29, 0.717) is 13.0 Å². The van der Waals surface area contributed by atoms with E-state index in [0.717, 1.165) is 4.48 Å². The molecule has 96 valence electrons. The van der Waals surface area contributed by atoms with Gasteiger partial charge < -0.3 is 5.11 Å². The van der Waals surface area contributed by atoms with Gasteiger partial charge in [-0.1, -0.05) is 52.6 Å². The number of hydrogen-bond acceptors (Lipinski definition) is 3. The normalized spacial score (nSPS) is 16.9. The SMILES string of the molecule is CC(C)(C)C(O)(C/C(Br)=C/Br)Cn1cncn1. The van der Waals surface area contributed by atoms with E-state index in [2.05, 4.69) is 41.9 Å². The molecule has 1 heterocycles. The van der Waals surface area contributed by atoms with Crippen molar-refractivity contribution in [3.63, 3.8) is 0 Å². The fourth-order valence-electron chi connectivity index (χ4n) is 1.46. The standard InChI is InChI=1S/C11H17Br2N3O/c1-10(2,3)11(17,4-9(13)5-12)6-16-8-14-7-15-16/h5,7-8,17H,4,6H2,1-3H3/b9-5-. The van der Waals surface area contributed by atoms with Gasteiger partial charge in [0.1, 0.15) is 12.7 Å². The van der Waals surface area contributed by atoms with Gasteiger partial charge in [-0.3, -0.25) is 4.68 Å². The first-order valence-corrected chi connectivity index (χ1v) is 6.99. The summed E-state index contributed by atoms with van der Waals surface area (Å²) in [5.74, 6) is 0. The Hall–Kier alpha value is -0.200. The van der Waals surface area contributed by atoms with Gasteiger partial charge in [0.25, 0.3) is 0 Å². The van der Waals surface area contributed by atoms with Crippen molar-refractivity contribution in [3.05, 3.63) is 22.1 Å². The minimum atomic E-state index is -0.899. The average Bonchev–Trinajstić information content (AvgIpc) is 2.68. The monoisotopic (exact) mass is 365 g/mol. The second-order valence-corrected chi connectivity index (χ2v) is 6.58. The van der Waals surface area contributed by atoms with Crippen LogP contribution in [0.1, 0.15) is 27.2 Å². The lowest BCUT2D eigenvalue weighted by Crippen LogP contribution is -2.46. The number of nitrogens with zero attached hydrogens (tertiary/aromatic N) is 3.